The van der Waals surface area contributed by atoms with Gasteiger partial charge in [-0.15, -0.1) is 0 Å². The molecular formula is C35H56O9. The van der Waals surface area contributed by atoms with Crippen LogP contribution >= 0.6 is 0 Å². The van der Waals surface area contributed by atoms with Crippen molar-refractivity contribution >= 4 is 17.9 Å². The molecule has 10 unspecified atom stereocenters. The van der Waals surface area contributed by atoms with Crippen LogP contribution in [0.1, 0.15) is 120 Å². The summed E-state index contributed by atoms with van der Waals surface area (Å²) < 4.78 is 11.9. The largest absolute Gasteiger partial charge is 0.481 e. The predicted octanol–water partition coefficient (Wildman–Crippen LogP) is 5.18. The summed E-state index contributed by atoms with van der Waals surface area (Å²) in [5.41, 5.74) is -5.36. The second-order valence-electron chi connectivity index (χ2n) is 16.7. The molecule has 0 aromatic carbocycles. The number of carbonyl (C=O) groups excluding carboxylic acids is 2. The molecule has 0 aromatic heterocycles. The van der Waals surface area contributed by atoms with Gasteiger partial charge in [0.05, 0.1) is 11.2 Å². The molecule has 0 radical (unpaired) electrons. The van der Waals surface area contributed by atoms with Crippen LogP contribution < -0.4 is 0 Å². The third-order valence-corrected chi connectivity index (χ3v) is 13.2. The van der Waals surface area contributed by atoms with Crippen LogP contribution in [0.4, 0.5) is 0 Å². The number of esters is 2. The molecule has 0 saturated heterocycles. The Morgan fingerprint density at radius 2 is 1.52 bits per heavy atom. The Bertz CT molecular complexity index is 1180. The Morgan fingerprint density at radius 3 is 2.09 bits per heavy atom. The lowest BCUT2D eigenvalue weighted by Crippen LogP contribution is -2.70. The maximum atomic E-state index is 12.6. The summed E-state index contributed by atoms with van der Waals surface area (Å²) in [6.07, 6.45) is 6.58. The first-order valence-corrected chi connectivity index (χ1v) is 16.4. The molecule has 0 aliphatic heterocycles. The van der Waals surface area contributed by atoms with Crippen molar-refractivity contribution < 1.29 is 44.3 Å². The van der Waals surface area contributed by atoms with Gasteiger partial charge in [0, 0.05) is 18.3 Å². The average molecular weight is 621 g/mol. The first-order valence-electron chi connectivity index (χ1n) is 16.4. The molecule has 9 heteroatoms. The smallest absolute Gasteiger partial charge is 0.317 e. The molecule has 4 aliphatic rings. The van der Waals surface area contributed by atoms with Gasteiger partial charge in [-0.2, -0.15) is 0 Å². The van der Waals surface area contributed by atoms with E-state index in [2.05, 4.69) is 34.6 Å². The number of aliphatic carboxylic acids is 1. The van der Waals surface area contributed by atoms with E-state index < -0.39 is 70.1 Å². The lowest BCUT2D eigenvalue weighted by molar-refractivity contribution is -0.274. The van der Waals surface area contributed by atoms with Gasteiger partial charge in [0.1, 0.15) is 24.2 Å². The van der Waals surface area contributed by atoms with Gasteiger partial charge in [-0.3, -0.25) is 14.4 Å². The zero-order valence-electron chi connectivity index (χ0n) is 28.2. The standard InChI is InChI=1S/C35H56O9/c1-21(36)43-22-19-24-31(6)15-12-25(44-27(39)20-26(37)38)30(4,5)23(31)11-16-32(24,7)33(8)17-18-35(42,28(22)33)34(9,41)14-10-13-29(2,3)40/h10,13,22-25,28,40-42H,11-12,14-20H2,1-9H3,(H,37,38). The molecule has 0 bridgehead atoms. The van der Waals surface area contributed by atoms with Crippen molar-refractivity contribution in [2.75, 3.05) is 0 Å². The molecule has 4 rings (SSSR count). The van der Waals surface area contributed by atoms with Gasteiger partial charge in [0.2, 0.25) is 0 Å². The van der Waals surface area contributed by atoms with E-state index in [4.69, 9.17) is 14.6 Å². The number of ether oxygens (including phenoxy) is 2. The van der Waals surface area contributed by atoms with Crippen LogP contribution in [0.5, 0.6) is 0 Å². The van der Waals surface area contributed by atoms with Crippen molar-refractivity contribution in [2.24, 2.45) is 39.4 Å². The summed E-state index contributed by atoms with van der Waals surface area (Å²) in [5, 5.41) is 43.7. The fourth-order valence-corrected chi connectivity index (χ4v) is 11.0. The molecule has 0 spiro atoms. The van der Waals surface area contributed by atoms with Gasteiger partial charge in [-0.25, -0.2) is 0 Å². The van der Waals surface area contributed by atoms with Crippen LogP contribution in [0, 0.1) is 39.4 Å². The van der Waals surface area contributed by atoms with E-state index in [0.29, 0.717) is 25.7 Å². The molecular weight excluding hydrogens is 564 g/mol. The van der Waals surface area contributed by atoms with Gasteiger partial charge in [0.15, 0.2) is 0 Å². The molecule has 9 nitrogen and oxygen atoms in total. The molecule has 0 aromatic rings. The van der Waals surface area contributed by atoms with Gasteiger partial charge in [-0.05, 0) is 100 Å². The Kier molecular flexibility index (Phi) is 8.79. The second kappa shape index (κ2) is 11.1. The molecule has 4 aliphatic carbocycles. The number of aliphatic hydroxyl groups is 3. The Hall–Kier alpha value is -1.97. The average Bonchev–Trinajstić information content (AvgIpc) is 3.15. The number of carboxylic acid groups (broad SMARTS) is 1. The first-order chi connectivity index (χ1) is 19.9. The fraction of sp³-hybridized carbons (Fsp3) is 0.857. The highest BCUT2D eigenvalue weighted by Gasteiger charge is 2.75. The topological polar surface area (TPSA) is 151 Å². The maximum absolute atomic E-state index is 12.6. The second-order valence-corrected chi connectivity index (χ2v) is 16.7. The summed E-state index contributed by atoms with van der Waals surface area (Å²) >= 11 is 0. The first kappa shape index (κ1) is 34.9. The summed E-state index contributed by atoms with van der Waals surface area (Å²) in [7, 11) is 0. The molecule has 250 valence electrons. The third-order valence-electron chi connectivity index (χ3n) is 13.2. The number of carbonyl (C=O) groups is 3. The molecule has 4 fully saturated rings. The number of fused-ring (bicyclic) bond motifs is 5. The van der Waals surface area contributed by atoms with E-state index in [-0.39, 0.29) is 29.1 Å². The van der Waals surface area contributed by atoms with E-state index in [9.17, 15) is 29.7 Å². The Labute approximate surface area is 262 Å². The molecule has 0 heterocycles. The maximum Gasteiger partial charge on any atom is 0.317 e. The zero-order valence-corrected chi connectivity index (χ0v) is 28.2. The van der Waals surface area contributed by atoms with E-state index in [1.165, 1.54) is 6.92 Å². The number of hydrogen-bond acceptors (Lipinski definition) is 8. The van der Waals surface area contributed by atoms with Crippen LogP contribution in [0.2, 0.25) is 0 Å². The zero-order chi connectivity index (χ0) is 33.3. The van der Waals surface area contributed by atoms with Gasteiger partial charge < -0.3 is 29.9 Å². The van der Waals surface area contributed by atoms with Crippen LogP contribution in [-0.4, -0.2) is 67.3 Å². The van der Waals surface area contributed by atoms with E-state index in [1.54, 1.807) is 32.9 Å². The number of rotatable bonds is 8. The van der Waals surface area contributed by atoms with Gasteiger partial charge in [0.25, 0.3) is 0 Å². The lowest BCUT2D eigenvalue weighted by Gasteiger charge is -2.71. The fourth-order valence-electron chi connectivity index (χ4n) is 11.0. The molecule has 4 saturated carbocycles. The van der Waals surface area contributed by atoms with E-state index in [0.717, 1.165) is 19.3 Å². The van der Waals surface area contributed by atoms with Crippen molar-refractivity contribution in [3.8, 4) is 0 Å². The van der Waals surface area contributed by atoms with E-state index >= 15 is 0 Å². The predicted molar refractivity (Wildman–Crippen MR) is 164 cm³/mol. The highest BCUT2D eigenvalue weighted by atomic mass is 16.6. The number of hydrogen-bond donors (Lipinski definition) is 4. The van der Waals surface area contributed by atoms with Crippen molar-refractivity contribution in [2.45, 2.75) is 149 Å². The minimum Gasteiger partial charge on any atom is -0.481 e. The lowest BCUT2D eigenvalue weighted by atomic mass is 9.35. The van der Waals surface area contributed by atoms with Crippen molar-refractivity contribution in [3.63, 3.8) is 0 Å². The van der Waals surface area contributed by atoms with Crippen LogP contribution in [0.15, 0.2) is 12.2 Å². The SMILES string of the molecule is CC(=O)OC1CC2C3(C)CCC(OC(=O)CC(=O)O)C(C)(C)C3CCC2(C)C2(C)CCC(O)(C(C)(O)CC=CC(C)(C)O)C12. The monoisotopic (exact) mass is 620 g/mol. The highest BCUT2D eigenvalue weighted by Crippen LogP contribution is 2.76. The van der Waals surface area contributed by atoms with Crippen LogP contribution in [0.25, 0.3) is 0 Å². The molecule has 4 N–H and O–H groups in total. The molecule has 44 heavy (non-hydrogen) atoms. The van der Waals surface area contributed by atoms with Crippen LogP contribution in [0.3, 0.4) is 0 Å². The van der Waals surface area contributed by atoms with Gasteiger partial charge >= 0.3 is 17.9 Å². The molecule has 0 amide bonds. The van der Waals surface area contributed by atoms with Gasteiger partial charge in [-0.1, -0.05) is 46.8 Å². The Morgan fingerprint density at radius 1 is 0.886 bits per heavy atom. The highest BCUT2D eigenvalue weighted by molar-refractivity contribution is 5.90. The summed E-state index contributed by atoms with van der Waals surface area (Å²) in [5.74, 6) is -2.50. The minimum absolute atomic E-state index is 0.136. The third kappa shape index (κ3) is 5.53. The summed E-state index contributed by atoms with van der Waals surface area (Å²) in [6, 6.07) is 0. The minimum atomic E-state index is -1.53. The Balaban J connectivity index is 1.72. The quantitative estimate of drug-likeness (QED) is 0.163. The van der Waals surface area contributed by atoms with Crippen molar-refractivity contribution in [1.29, 1.82) is 0 Å². The van der Waals surface area contributed by atoms with Crippen LogP contribution in [-0.2, 0) is 23.9 Å². The van der Waals surface area contributed by atoms with Crippen molar-refractivity contribution in [3.05, 3.63) is 12.2 Å². The molecule has 10 atom stereocenters. The van der Waals surface area contributed by atoms with E-state index in [1.807, 2.05) is 0 Å². The number of carboxylic acids is 1. The normalized spacial score (nSPS) is 42.9. The van der Waals surface area contributed by atoms with Crippen molar-refractivity contribution in [1.82, 2.24) is 0 Å². The summed E-state index contributed by atoms with van der Waals surface area (Å²) in [4.78, 5) is 36.1. The summed E-state index contributed by atoms with van der Waals surface area (Å²) in [6.45, 7) is 17.5.